The van der Waals surface area contributed by atoms with Crippen molar-refractivity contribution in [3.05, 3.63) is 22.3 Å². The lowest BCUT2D eigenvalue weighted by molar-refractivity contribution is -0.893. The number of rotatable bonds is 7. The highest BCUT2D eigenvalue weighted by atomic mass is 35.5. The molecule has 4 heterocycles. The molecule has 2 saturated heterocycles. The third-order valence-corrected chi connectivity index (χ3v) is 7.93. The van der Waals surface area contributed by atoms with Crippen LogP contribution in [0.3, 0.4) is 0 Å². The molecule has 16 heteroatoms. The minimum Gasteiger partial charge on any atom is -0.477 e. The fraction of sp³-hybridized carbons (Fsp3) is 0.526. The minimum atomic E-state index is -1.12. The average Bonchev–Trinajstić information content (AvgIpc) is 3.37. The molecule has 12 nitrogen and oxygen atoms in total. The Morgan fingerprint density at radius 1 is 1.37 bits per heavy atom. The maximum Gasteiger partial charge on any atom is 0.352 e. The summed E-state index contributed by atoms with van der Waals surface area (Å²) in [6.45, 7) is 2.61. The second-order valence-corrected chi connectivity index (χ2v) is 10.2. The number of carboxylic acid groups (broad SMARTS) is 1. The van der Waals surface area contributed by atoms with Crippen LogP contribution in [0.2, 0.25) is 0 Å². The molecule has 6 N–H and O–H groups in total. The van der Waals surface area contributed by atoms with Gasteiger partial charge in [0.05, 0.1) is 20.1 Å². The average molecular weight is 573 g/mol. The van der Waals surface area contributed by atoms with Gasteiger partial charge in [0, 0.05) is 29.5 Å². The van der Waals surface area contributed by atoms with E-state index in [4.69, 9.17) is 10.6 Å². The van der Waals surface area contributed by atoms with Gasteiger partial charge in [-0.3, -0.25) is 14.5 Å². The van der Waals surface area contributed by atoms with Gasteiger partial charge in [-0.15, -0.1) is 47.9 Å². The molecule has 35 heavy (non-hydrogen) atoms. The van der Waals surface area contributed by atoms with E-state index in [1.807, 2.05) is 0 Å². The van der Waals surface area contributed by atoms with Crippen molar-refractivity contribution in [2.75, 3.05) is 45.3 Å². The van der Waals surface area contributed by atoms with Gasteiger partial charge in [-0.25, -0.2) is 9.78 Å². The number of fused-ring (bicyclic) bond motifs is 1. The zero-order valence-electron chi connectivity index (χ0n) is 19.1. The van der Waals surface area contributed by atoms with E-state index < -0.39 is 29.2 Å². The summed E-state index contributed by atoms with van der Waals surface area (Å²) in [5.74, 6) is -1.71. The number of thiazole rings is 1. The zero-order chi connectivity index (χ0) is 23.0. The number of amides is 2. The Morgan fingerprint density at radius 3 is 2.57 bits per heavy atom. The summed E-state index contributed by atoms with van der Waals surface area (Å²) >= 11 is 2.61. The van der Waals surface area contributed by atoms with Crippen LogP contribution in [0, 0.1) is 0 Å². The largest absolute Gasteiger partial charge is 0.477 e. The Kier molecular flexibility index (Phi) is 10.8. The summed E-state index contributed by atoms with van der Waals surface area (Å²) < 4.78 is 0.785. The topological polar surface area (TPSA) is 179 Å². The van der Waals surface area contributed by atoms with E-state index in [2.05, 4.69) is 22.5 Å². The second kappa shape index (κ2) is 12.2. The number of nitrogens with two attached hydrogens (primary N) is 1. The molecule has 3 aliphatic heterocycles. The molecule has 2 amide bonds. The predicted molar refractivity (Wildman–Crippen MR) is 138 cm³/mol. The normalized spacial score (nSPS) is 22.6. The van der Waals surface area contributed by atoms with Crippen LogP contribution in [0.25, 0.3) is 0 Å². The molecule has 0 bridgehead atoms. The minimum absolute atomic E-state index is 0. The Labute approximate surface area is 222 Å². The van der Waals surface area contributed by atoms with Crippen molar-refractivity contribution in [3.8, 4) is 0 Å². The summed E-state index contributed by atoms with van der Waals surface area (Å²) in [5, 5.41) is 17.6. The number of aromatic nitrogens is 1. The van der Waals surface area contributed by atoms with Crippen molar-refractivity contribution in [2.24, 2.45) is 5.16 Å². The third-order valence-electron chi connectivity index (χ3n) is 5.92. The lowest BCUT2D eigenvalue weighted by atomic mass is 10.0. The maximum absolute atomic E-state index is 12.9. The van der Waals surface area contributed by atoms with Gasteiger partial charge in [-0.2, -0.15) is 0 Å². The number of β-lactam (4-membered cyclic amide) rings is 1. The van der Waals surface area contributed by atoms with Crippen molar-refractivity contribution in [3.63, 3.8) is 0 Å². The molecule has 0 aromatic carbocycles. The number of likely N-dealkylation sites (N-methyl/N-ethyl adjacent to an activating group) is 1. The number of aliphatic carboxylic acids is 1. The first kappa shape index (κ1) is 30.9. The summed E-state index contributed by atoms with van der Waals surface area (Å²) in [7, 11) is 3.42. The number of hydrogen-bond donors (Lipinski definition) is 3. The lowest BCUT2D eigenvalue weighted by Gasteiger charge is -2.49. The number of hydrogen-bond acceptors (Lipinski definition) is 9. The summed E-state index contributed by atoms with van der Waals surface area (Å²) in [5.41, 5.74) is 6.59. The van der Waals surface area contributed by atoms with Gasteiger partial charge in [-0.05, 0) is 0 Å². The van der Waals surface area contributed by atoms with Gasteiger partial charge in [0.15, 0.2) is 10.8 Å². The number of carboxylic acids is 1. The van der Waals surface area contributed by atoms with Crippen molar-refractivity contribution >= 4 is 76.5 Å². The molecule has 196 valence electrons. The number of carbonyl (C=O) groups excluding carboxylic acids is 2. The molecule has 0 radical (unpaired) electrons. The Bertz CT molecular complexity index is 1030. The highest BCUT2D eigenvalue weighted by molar-refractivity contribution is 8.00. The number of quaternary nitrogens is 1. The van der Waals surface area contributed by atoms with E-state index in [0.29, 0.717) is 12.3 Å². The van der Waals surface area contributed by atoms with Crippen molar-refractivity contribution < 1.29 is 34.3 Å². The van der Waals surface area contributed by atoms with Crippen LogP contribution in [0.5, 0.6) is 0 Å². The molecule has 2 atom stereocenters. The molecule has 1 aromatic heterocycles. The summed E-state index contributed by atoms with van der Waals surface area (Å²) in [6.07, 6.45) is 2.24. The number of anilines is 1. The lowest BCUT2D eigenvalue weighted by Crippen LogP contribution is -2.71. The quantitative estimate of drug-likeness (QED) is 0.178. The molecule has 2 unspecified atom stereocenters. The van der Waals surface area contributed by atoms with Crippen LogP contribution in [0.15, 0.2) is 21.8 Å². The Hall–Kier alpha value is -2.10. The van der Waals surface area contributed by atoms with Gasteiger partial charge < -0.3 is 31.0 Å². The van der Waals surface area contributed by atoms with Gasteiger partial charge >= 0.3 is 5.97 Å². The number of carbonyl (C=O) groups is 3. The number of likely N-dealkylation sites (tertiary alicyclic amines) is 1. The molecular formula is C19H29Cl2N6O6S2+. The first-order valence-corrected chi connectivity index (χ1v) is 12.0. The first-order valence-electron chi connectivity index (χ1n) is 10.1. The van der Waals surface area contributed by atoms with E-state index in [1.165, 1.54) is 23.8 Å². The zero-order valence-corrected chi connectivity index (χ0v) is 22.3. The molecular weight excluding hydrogens is 543 g/mol. The molecule has 0 saturated carbocycles. The highest BCUT2D eigenvalue weighted by Crippen LogP contribution is 2.41. The summed E-state index contributed by atoms with van der Waals surface area (Å²) in [6, 6.07) is -0.863. The van der Waals surface area contributed by atoms with Crippen molar-refractivity contribution in [1.82, 2.24) is 15.2 Å². The molecule has 1 aromatic rings. The van der Waals surface area contributed by atoms with E-state index >= 15 is 0 Å². The van der Waals surface area contributed by atoms with Crippen LogP contribution in [0.4, 0.5) is 5.13 Å². The third kappa shape index (κ3) is 6.01. The smallest absolute Gasteiger partial charge is 0.352 e. The molecule has 0 spiro atoms. The molecule has 0 aliphatic carbocycles. The molecule has 3 aliphatic rings. The number of thioether (sulfide) groups is 1. The maximum atomic E-state index is 12.9. The Morgan fingerprint density at radius 2 is 2.03 bits per heavy atom. The van der Waals surface area contributed by atoms with Crippen LogP contribution < -0.4 is 11.1 Å². The SMILES string of the molecule is CON=C(C(=O)NC1C(=O)N2C(C(=O)O)=C(C[N+]3(C)CCCC3)CSC12)c1csc(N)n1.Cl.Cl.O. The van der Waals surface area contributed by atoms with Crippen LogP contribution in [-0.4, -0.2) is 99.4 Å². The van der Waals surface area contributed by atoms with E-state index in [0.717, 1.165) is 47.3 Å². The van der Waals surface area contributed by atoms with Gasteiger partial charge in [0.25, 0.3) is 11.8 Å². The van der Waals surface area contributed by atoms with Crippen LogP contribution in [-0.2, 0) is 19.2 Å². The predicted octanol–water partition coefficient (Wildman–Crippen LogP) is 0.0737. The van der Waals surface area contributed by atoms with Gasteiger partial charge in [0.2, 0.25) is 0 Å². The first-order chi connectivity index (χ1) is 15.2. The van der Waals surface area contributed by atoms with Crippen LogP contribution >= 0.6 is 47.9 Å². The number of nitrogens with one attached hydrogen (secondary N) is 1. The van der Waals surface area contributed by atoms with Gasteiger partial charge in [0.1, 0.15) is 36.5 Å². The number of nitrogens with zero attached hydrogens (tertiary/aromatic N) is 4. The summed E-state index contributed by atoms with van der Waals surface area (Å²) in [4.78, 5) is 47.9. The fourth-order valence-corrected chi connectivity index (χ4v) is 6.31. The van der Waals surface area contributed by atoms with Crippen molar-refractivity contribution in [2.45, 2.75) is 24.3 Å². The second-order valence-electron chi connectivity index (χ2n) is 8.24. The van der Waals surface area contributed by atoms with E-state index in [1.54, 1.807) is 5.38 Å². The highest BCUT2D eigenvalue weighted by Gasteiger charge is 2.55. The van der Waals surface area contributed by atoms with E-state index in [9.17, 15) is 19.5 Å². The monoisotopic (exact) mass is 571 g/mol. The van der Waals surface area contributed by atoms with Crippen LogP contribution in [0.1, 0.15) is 18.5 Å². The Balaban J connectivity index is 0.00000204. The van der Waals surface area contributed by atoms with Crippen molar-refractivity contribution in [1.29, 1.82) is 0 Å². The number of oxime groups is 1. The number of halogens is 2. The van der Waals surface area contributed by atoms with E-state index in [-0.39, 0.29) is 52.5 Å². The fourth-order valence-electron chi connectivity index (χ4n) is 4.42. The molecule has 2 fully saturated rings. The molecule has 4 rings (SSSR count). The number of nitrogen functional groups attached to an aromatic ring is 1. The van der Waals surface area contributed by atoms with Gasteiger partial charge in [-0.1, -0.05) is 5.16 Å². The standard InChI is InChI=1S/C19H24N6O5S2.2ClH.H2O/c1-25(5-3-4-6-25)7-10-8-31-17-13(16(27)24(17)14(10)18(28)29)22-15(26)12(23-30-2)11-9-32-19(20)21-11;;;/h9,13,17H,3-8H2,1-2H3,(H3-,20,21,22,26,28,29);2*1H;1H2/p+1.